The lowest BCUT2D eigenvalue weighted by molar-refractivity contribution is -0.112. The Morgan fingerprint density at radius 2 is 2.00 bits per heavy atom. The van der Waals surface area contributed by atoms with E-state index in [0.29, 0.717) is 0 Å². The van der Waals surface area contributed by atoms with E-state index in [9.17, 15) is 9.00 Å². The van der Waals surface area contributed by atoms with Gasteiger partial charge in [-0.05, 0) is 12.0 Å². The van der Waals surface area contributed by atoms with Gasteiger partial charge in [0.1, 0.15) is 0 Å². The van der Waals surface area contributed by atoms with Crippen LogP contribution in [0.5, 0.6) is 0 Å². The molecule has 0 bridgehead atoms. The molecule has 1 aromatic rings. The highest BCUT2D eigenvalue weighted by Crippen LogP contribution is 2.03. The number of benzene rings is 1. The molecule has 14 heavy (non-hydrogen) atoms. The minimum absolute atomic E-state index is 0.284. The van der Waals surface area contributed by atoms with E-state index in [2.05, 4.69) is 0 Å². The summed E-state index contributed by atoms with van der Waals surface area (Å²) in [6.45, 7) is 0. The second-order valence-corrected chi connectivity index (χ2v) is 3.77. The number of hydrogen-bond acceptors (Lipinski definition) is 3. The summed E-state index contributed by atoms with van der Waals surface area (Å²) in [6, 6.07) is 8.20. The van der Waals surface area contributed by atoms with E-state index in [1.165, 1.54) is 0 Å². The summed E-state index contributed by atoms with van der Waals surface area (Å²) in [5, 5.41) is -0.839. The van der Waals surface area contributed by atoms with Gasteiger partial charge >= 0.3 is 0 Å². The van der Waals surface area contributed by atoms with Gasteiger partial charge in [-0.25, -0.2) is 4.21 Å². The zero-order chi connectivity index (χ0) is 10.6. The van der Waals surface area contributed by atoms with Crippen LogP contribution in [0.15, 0.2) is 30.3 Å². The molecule has 76 valence electrons. The first kappa shape index (κ1) is 11.0. The van der Waals surface area contributed by atoms with Crippen LogP contribution in [0.1, 0.15) is 5.56 Å². The lowest BCUT2D eigenvalue weighted by Crippen LogP contribution is -2.35. The Morgan fingerprint density at radius 3 is 2.50 bits per heavy atom. The van der Waals surface area contributed by atoms with E-state index in [-0.39, 0.29) is 6.42 Å². The molecule has 0 aliphatic carbocycles. The molecule has 0 fully saturated rings. The maximum Gasteiger partial charge on any atom is 0.263 e. The Morgan fingerprint density at radius 1 is 1.43 bits per heavy atom. The van der Waals surface area contributed by atoms with Gasteiger partial charge in [-0.1, -0.05) is 30.3 Å². The number of rotatable bonds is 3. The SMILES string of the molecule is N[C@@H](Cc1ccccc1)C(=O)S(=O)O. The average molecular weight is 213 g/mol. The topological polar surface area (TPSA) is 80.4 Å². The van der Waals surface area contributed by atoms with Crippen molar-refractivity contribution in [1.82, 2.24) is 0 Å². The average Bonchev–Trinajstić information content (AvgIpc) is 2.18. The predicted molar refractivity (Wildman–Crippen MR) is 53.9 cm³/mol. The van der Waals surface area contributed by atoms with Crippen molar-refractivity contribution < 1.29 is 13.6 Å². The zero-order valence-corrected chi connectivity index (χ0v) is 8.24. The molecule has 1 rings (SSSR count). The van der Waals surface area contributed by atoms with Crippen molar-refractivity contribution in [2.75, 3.05) is 0 Å². The Bertz CT molecular complexity index is 339. The minimum Gasteiger partial charge on any atom is -0.320 e. The summed E-state index contributed by atoms with van der Waals surface area (Å²) in [5.74, 6) is 0. The van der Waals surface area contributed by atoms with E-state index >= 15 is 0 Å². The maximum atomic E-state index is 11.0. The summed E-state index contributed by atoms with van der Waals surface area (Å²) in [4.78, 5) is 11.0. The van der Waals surface area contributed by atoms with Crippen LogP contribution < -0.4 is 5.73 Å². The van der Waals surface area contributed by atoms with E-state index < -0.39 is 22.2 Å². The van der Waals surface area contributed by atoms with Gasteiger partial charge in [0, 0.05) is 0 Å². The third kappa shape index (κ3) is 3.02. The highest BCUT2D eigenvalue weighted by molar-refractivity contribution is 7.95. The van der Waals surface area contributed by atoms with Crippen molar-refractivity contribution in [3.05, 3.63) is 35.9 Å². The van der Waals surface area contributed by atoms with E-state index in [1.807, 2.05) is 30.3 Å². The fraction of sp³-hybridized carbons (Fsp3) is 0.222. The van der Waals surface area contributed by atoms with Crippen molar-refractivity contribution in [3.63, 3.8) is 0 Å². The Hall–Kier alpha value is -1.04. The minimum atomic E-state index is -2.48. The molecule has 0 saturated heterocycles. The standard InChI is InChI=1S/C9H11NO3S/c10-8(9(11)14(12)13)6-7-4-2-1-3-5-7/h1-5,8H,6,10H2,(H,12,13)/t8-/m0/s1. The molecule has 3 N–H and O–H groups in total. The fourth-order valence-electron chi connectivity index (χ4n) is 1.08. The monoisotopic (exact) mass is 213 g/mol. The van der Waals surface area contributed by atoms with Crippen molar-refractivity contribution >= 4 is 16.2 Å². The second kappa shape index (κ2) is 4.99. The van der Waals surface area contributed by atoms with Gasteiger partial charge in [0.25, 0.3) is 5.12 Å². The largest absolute Gasteiger partial charge is 0.320 e. The maximum absolute atomic E-state index is 11.0. The molecule has 0 aliphatic rings. The van der Waals surface area contributed by atoms with Gasteiger partial charge in [-0.15, -0.1) is 0 Å². The highest BCUT2D eigenvalue weighted by atomic mass is 32.2. The fourth-order valence-corrected chi connectivity index (χ4v) is 1.42. The lowest BCUT2D eigenvalue weighted by atomic mass is 10.1. The molecule has 0 saturated carbocycles. The number of hydrogen-bond donors (Lipinski definition) is 2. The normalized spacial score (nSPS) is 14.7. The number of carbonyl (C=O) groups excluding carboxylic acids is 1. The molecule has 0 amide bonds. The molecule has 1 aromatic carbocycles. The van der Waals surface area contributed by atoms with Gasteiger partial charge in [0.2, 0.25) is 11.1 Å². The third-order valence-electron chi connectivity index (χ3n) is 1.77. The number of carbonyl (C=O) groups is 1. The van der Waals surface area contributed by atoms with Crippen LogP contribution in [0.2, 0.25) is 0 Å². The van der Waals surface area contributed by atoms with Gasteiger partial charge in [-0.2, -0.15) is 0 Å². The predicted octanol–water partition coefficient (Wildman–Crippen LogP) is 0.305. The van der Waals surface area contributed by atoms with Crippen LogP contribution in [0.3, 0.4) is 0 Å². The summed E-state index contributed by atoms with van der Waals surface area (Å²) >= 11 is -2.48. The highest BCUT2D eigenvalue weighted by Gasteiger charge is 2.18. The van der Waals surface area contributed by atoms with Gasteiger partial charge in [-0.3, -0.25) is 9.35 Å². The molecule has 0 aliphatic heterocycles. The van der Waals surface area contributed by atoms with Gasteiger partial charge < -0.3 is 5.73 Å². The summed E-state index contributed by atoms with van der Waals surface area (Å²) in [6.07, 6.45) is 0.284. The number of nitrogens with two attached hydrogens (primary N) is 1. The molecular weight excluding hydrogens is 202 g/mol. The Labute approximate surface area is 84.4 Å². The first-order valence-electron chi connectivity index (χ1n) is 4.05. The van der Waals surface area contributed by atoms with E-state index in [4.69, 9.17) is 10.3 Å². The molecule has 0 spiro atoms. The van der Waals surface area contributed by atoms with Crippen molar-refractivity contribution in [3.8, 4) is 0 Å². The van der Waals surface area contributed by atoms with Crippen LogP contribution in [0, 0.1) is 0 Å². The zero-order valence-electron chi connectivity index (χ0n) is 7.42. The van der Waals surface area contributed by atoms with Crippen molar-refractivity contribution in [2.24, 2.45) is 5.73 Å². The van der Waals surface area contributed by atoms with Crippen molar-refractivity contribution in [2.45, 2.75) is 12.5 Å². The Kier molecular flexibility index (Phi) is 3.94. The van der Waals surface area contributed by atoms with E-state index in [0.717, 1.165) is 5.56 Å². The molecule has 2 atom stereocenters. The molecule has 4 nitrogen and oxygen atoms in total. The first-order chi connectivity index (χ1) is 6.61. The van der Waals surface area contributed by atoms with Crippen LogP contribution in [-0.4, -0.2) is 19.9 Å². The van der Waals surface area contributed by atoms with Crippen LogP contribution >= 0.6 is 0 Å². The van der Waals surface area contributed by atoms with Gasteiger partial charge in [0.05, 0.1) is 6.04 Å². The molecular formula is C9H11NO3S. The smallest absolute Gasteiger partial charge is 0.263 e. The third-order valence-corrected chi connectivity index (χ3v) is 2.42. The quantitative estimate of drug-likeness (QED) is 0.708. The molecule has 5 heteroatoms. The van der Waals surface area contributed by atoms with Crippen LogP contribution in [-0.2, 0) is 22.3 Å². The summed E-state index contributed by atoms with van der Waals surface area (Å²) in [5.41, 5.74) is 6.32. The van der Waals surface area contributed by atoms with Crippen LogP contribution in [0.25, 0.3) is 0 Å². The molecule has 1 unspecified atom stereocenters. The second-order valence-electron chi connectivity index (χ2n) is 2.86. The Balaban J connectivity index is 2.62. The van der Waals surface area contributed by atoms with Crippen LogP contribution in [0.4, 0.5) is 0 Å². The van der Waals surface area contributed by atoms with E-state index in [1.54, 1.807) is 0 Å². The summed E-state index contributed by atoms with van der Waals surface area (Å²) in [7, 11) is 0. The molecule has 0 aromatic heterocycles. The van der Waals surface area contributed by atoms with Gasteiger partial charge in [0.15, 0.2) is 0 Å². The van der Waals surface area contributed by atoms with Crippen molar-refractivity contribution in [1.29, 1.82) is 0 Å². The molecule has 0 heterocycles. The lowest BCUT2D eigenvalue weighted by Gasteiger charge is -2.07. The first-order valence-corrected chi connectivity index (χ1v) is 5.16. The summed E-state index contributed by atoms with van der Waals surface area (Å²) < 4.78 is 18.9. The molecule has 0 radical (unpaired) electrons.